The van der Waals surface area contributed by atoms with E-state index in [1.54, 1.807) is 17.0 Å². The average Bonchev–Trinajstić information content (AvgIpc) is 2.80. The van der Waals surface area contributed by atoms with Crippen molar-refractivity contribution in [2.45, 2.75) is 52.2 Å². The van der Waals surface area contributed by atoms with E-state index in [-0.39, 0.29) is 29.8 Å². The summed E-state index contributed by atoms with van der Waals surface area (Å²) in [4.78, 5) is 31.8. The van der Waals surface area contributed by atoms with Crippen molar-refractivity contribution in [3.63, 3.8) is 0 Å². The first-order valence-electron chi connectivity index (χ1n) is 12.5. The standard InChI is InChI=1S/C29H34FN3O4/c1-17(2)25(26(34)31-20-15-33(16-20)28(35)37-29(3,4)5)21-12-13-24(32-27(21)36-6)19-11-10-18-8-7-9-23(30)22(18)14-19/h7-14,17,20,25H,15-16H2,1-6H3,(H,31,34). The third-order valence-electron chi connectivity index (χ3n) is 6.37. The molecular weight excluding hydrogens is 473 g/mol. The summed E-state index contributed by atoms with van der Waals surface area (Å²) in [5.41, 5.74) is 1.49. The molecular formula is C29H34FN3O4. The van der Waals surface area contributed by atoms with Crippen LogP contribution in [0.15, 0.2) is 48.5 Å². The van der Waals surface area contributed by atoms with E-state index in [0.717, 1.165) is 10.9 Å². The molecule has 4 rings (SSSR count). The lowest BCUT2D eigenvalue weighted by atomic mass is 9.87. The van der Waals surface area contributed by atoms with E-state index >= 15 is 0 Å². The second-order valence-corrected chi connectivity index (χ2v) is 10.8. The molecule has 2 amide bonds. The van der Waals surface area contributed by atoms with Gasteiger partial charge in [-0.25, -0.2) is 14.2 Å². The van der Waals surface area contributed by atoms with Crippen LogP contribution in [-0.4, -0.2) is 53.7 Å². The summed E-state index contributed by atoms with van der Waals surface area (Å²) in [6.07, 6.45) is -0.381. The van der Waals surface area contributed by atoms with Crippen molar-refractivity contribution < 1.29 is 23.5 Å². The Kier molecular flexibility index (Phi) is 7.39. The van der Waals surface area contributed by atoms with Crippen LogP contribution in [0.25, 0.3) is 22.0 Å². The second kappa shape index (κ2) is 10.4. The Morgan fingerprint density at radius 3 is 2.49 bits per heavy atom. The molecule has 0 bridgehead atoms. The summed E-state index contributed by atoms with van der Waals surface area (Å²) in [6, 6.07) is 14.0. The fourth-order valence-corrected chi connectivity index (χ4v) is 4.55. The van der Waals surface area contributed by atoms with E-state index in [0.29, 0.717) is 35.6 Å². The predicted octanol–water partition coefficient (Wildman–Crippen LogP) is 5.52. The minimum Gasteiger partial charge on any atom is -0.481 e. The Hall–Kier alpha value is -3.68. The zero-order valence-corrected chi connectivity index (χ0v) is 22.2. The van der Waals surface area contributed by atoms with Gasteiger partial charge in [0.05, 0.1) is 24.8 Å². The average molecular weight is 508 g/mol. The van der Waals surface area contributed by atoms with Gasteiger partial charge in [-0.05, 0) is 50.3 Å². The number of methoxy groups -OCH3 is 1. The highest BCUT2D eigenvalue weighted by Crippen LogP contribution is 2.34. The predicted molar refractivity (Wildman–Crippen MR) is 141 cm³/mol. The van der Waals surface area contributed by atoms with E-state index < -0.39 is 11.5 Å². The van der Waals surface area contributed by atoms with Crippen LogP contribution in [0.4, 0.5) is 9.18 Å². The number of carbonyl (C=O) groups is 2. The van der Waals surface area contributed by atoms with Crippen LogP contribution >= 0.6 is 0 Å². The SMILES string of the molecule is COc1nc(-c2ccc3cccc(F)c3c2)ccc1C(C(=O)NC1CN(C(=O)OC(C)(C)C)C1)C(C)C. The molecule has 0 saturated carbocycles. The van der Waals surface area contributed by atoms with Crippen molar-refractivity contribution in [3.05, 3.63) is 59.9 Å². The number of amides is 2. The van der Waals surface area contributed by atoms with Gasteiger partial charge in [-0.1, -0.05) is 44.2 Å². The van der Waals surface area contributed by atoms with Gasteiger partial charge in [0.15, 0.2) is 0 Å². The molecule has 2 heterocycles. The summed E-state index contributed by atoms with van der Waals surface area (Å²) >= 11 is 0. The maximum atomic E-state index is 14.3. The van der Waals surface area contributed by atoms with E-state index in [4.69, 9.17) is 9.47 Å². The first kappa shape index (κ1) is 26.4. The van der Waals surface area contributed by atoms with E-state index in [1.165, 1.54) is 13.2 Å². The maximum Gasteiger partial charge on any atom is 0.410 e. The van der Waals surface area contributed by atoms with Gasteiger partial charge in [0, 0.05) is 29.6 Å². The Labute approximate surface area is 217 Å². The van der Waals surface area contributed by atoms with E-state index in [9.17, 15) is 14.0 Å². The third-order valence-corrected chi connectivity index (χ3v) is 6.37. The normalized spacial score (nSPS) is 14.9. The smallest absolute Gasteiger partial charge is 0.410 e. The number of ether oxygens (including phenoxy) is 2. The Morgan fingerprint density at radius 1 is 1.11 bits per heavy atom. The van der Waals surface area contributed by atoms with Gasteiger partial charge < -0.3 is 19.7 Å². The van der Waals surface area contributed by atoms with Crippen molar-refractivity contribution in [1.82, 2.24) is 15.2 Å². The molecule has 0 radical (unpaired) electrons. The Bertz CT molecular complexity index is 1310. The van der Waals surface area contributed by atoms with Crippen LogP contribution in [-0.2, 0) is 9.53 Å². The fraction of sp³-hybridized carbons (Fsp3) is 0.414. The van der Waals surface area contributed by atoms with Gasteiger partial charge in [-0.2, -0.15) is 0 Å². The lowest BCUT2D eigenvalue weighted by Crippen LogP contribution is -2.62. The molecule has 0 aliphatic carbocycles. The molecule has 37 heavy (non-hydrogen) atoms. The molecule has 1 aliphatic rings. The highest BCUT2D eigenvalue weighted by molar-refractivity contribution is 5.88. The van der Waals surface area contributed by atoms with Gasteiger partial charge in [-0.15, -0.1) is 0 Å². The molecule has 1 aromatic heterocycles. The quantitative estimate of drug-likeness (QED) is 0.475. The highest BCUT2D eigenvalue weighted by Gasteiger charge is 2.37. The number of halogens is 1. The van der Waals surface area contributed by atoms with Crippen LogP contribution < -0.4 is 10.1 Å². The van der Waals surface area contributed by atoms with Gasteiger partial charge in [0.2, 0.25) is 11.8 Å². The van der Waals surface area contributed by atoms with Gasteiger partial charge >= 0.3 is 6.09 Å². The van der Waals surface area contributed by atoms with Gasteiger partial charge in [0.25, 0.3) is 0 Å². The number of nitrogens with one attached hydrogen (secondary N) is 1. The van der Waals surface area contributed by atoms with Gasteiger partial charge in [-0.3, -0.25) is 4.79 Å². The minimum atomic E-state index is -0.565. The van der Waals surface area contributed by atoms with E-state index in [2.05, 4.69) is 10.3 Å². The number of aromatic nitrogens is 1. The van der Waals surface area contributed by atoms with Crippen molar-refractivity contribution >= 4 is 22.8 Å². The number of hydrogen-bond acceptors (Lipinski definition) is 5. The molecule has 2 aromatic carbocycles. The number of nitrogens with zero attached hydrogens (tertiary/aromatic N) is 2. The van der Waals surface area contributed by atoms with Crippen LogP contribution in [0, 0.1) is 11.7 Å². The van der Waals surface area contributed by atoms with Crippen molar-refractivity contribution in [1.29, 1.82) is 0 Å². The largest absolute Gasteiger partial charge is 0.481 e. The molecule has 196 valence electrons. The van der Waals surface area contributed by atoms with Crippen molar-refractivity contribution in [3.8, 4) is 17.1 Å². The number of carbonyl (C=O) groups excluding carboxylic acids is 2. The number of hydrogen-bond donors (Lipinski definition) is 1. The minimum absolute atomic E-state index is 0.0293. The first-order chi connectivity index (χ1) is 17.5. The highest BCUT2D eigenvalue weighted by atomic mass is 19.1. The number of pyridine rings is 1. The molecule has 1 unspecified atom stereocenters. The number of likely N-dealkylation sites (tertiary alicyclic amines) is 1. The summed E-state index contributed by atoms with van der Waals surface area (Å²) in [6.45, 7) is 10.2. The molecule has 1 atom stereocenters. The molecule has 1 N–H and O–H groups in total. The van der Waals surface area contributed by atoms with Crippen molar-refractivity contribution in [2.75, 3.05) is 20.2 Å². The topological polar surface area (TPSA) is 80.8 Å². The van der Waals surface area contributed by atoms with E-state index in [1.807, 2.05) is 65.0 Å². The summed E-state index contributed by atoms with van der Waals surface area (Å²) in [7, 11) is 1.52. The molecule has 0 spiro atoms. The molecule has 3 aromatic rings. The number of fused-ring (bicyclic) bond motifs is 1. The van der Waals surface area contributed by atoms with Crippen LogP contribution in [0.3, 0.4) is 0 Å². The third kappa shape index (κ3) is 5.84. The summed E-state index contributed by atoms with van der Waals surface area (Å²) in [5, 5.41) is 4.38. The fourth-order valence-electron chi connectivity index (χ4n) is 4.55. The van der Waals surface area contributed by atoms with Crippen LogP contribution in [0.5, 0.6) is 5.88 Å². The molecule has 1 aliphatic heterocycles. The van der Waals surface area contributed by atoms with Gasteiger partial charge in [0.1, 0.15) is 11.4 Å². The number of rotatable bonds is 6. The van der Waals surface area contributed by atoms with Crippen LogP contribution in [0.2, 0.25) is 0 Å². The van der Waals surface area contributed by atoms with Crippen LogP contribution in [0.1, 0.15) is 46.1 Å². The zero-order chi connectivity index (χ0) is 26.9. The molecule has 7 nitrogen and oxygen atoms in total. The first-order valence-corrected chi connectivity index (χ1v) is 12.5. The second-order valence-electron chi connectivity index (χ2n) is 10.8. The number of benzene rings is 2. The summed E-state index contributed by atoms with van der Waals surface area (Å²) < 4.78 is 25.3. The van der Waals surface area contributed by atoms with Crippen molar-refractivity contribution in [2.24, 2.45) is 5.92 Å². The Balaban J connectivity index is 1.51. The lowest BCUT2D eigenvalue weighted by molar-refractivity contribution is -0.125. The zero-order valence-electron chi connectivity index (χ0n) is 22.2. The maximum absolute atomic E-state index is 14.3. The molecule has 1 saturated heterocycles. The summed E-state index contributed by atoms with van der Waals surface area (Å²) in [5.74, 6) is -0.617. The molecule has 8 heteroatoms. The lowest BCUT2D eigenvalue weighted by Gasteiger charge is -2.40. The molecule has 1 fully saturated rings. The Morgan fingerprint density at radius 2 is 1.84 bits per heavy atom. The monoisotopic (exact) mass is 507 g/mol.